The molecular formula is C19H23N5O. The molecule has 6 heteroatoms. The Hall–Kier alpha value is -2.73. The van der Waals surface area contributed by atoms with E-state index in [1.54, 1.807) is 10.9 Å². The summed E-state index contributed by atoms with van der Waals surface area (Å²) in [6.07, 6.45) is 2.52. The van der Waals surface area contributed by atoms with E-state index in [2.05, 4.69) is 20.3 Å². The lowest BCUT2D eigenvalue weighted by molar-refractivity contribution is 0.0951. The summed E-state index contributed by atoms with van der Waals surface area (Å²) < 4.78 is 1.71. The molecule has 0 unspecified atom stereocenters. The van der Waals surface area contributed by atoms with Crippen LogP contribution in [0.5, 0.6) is 0 Å². The largest absolute Gasteiger partial charge is 0.352 e. The van der Waals surface area contributed by atoms with Crippen molar-refractivity contribution in [3.8, 4) is 5.82 Å². The van der Waals surface area contributed by atoms with Gasteiger partial charge in [-0.2, -0.15) is 5.10 Å². The summed E-state index contributed by atoms with van der Waals surface area (Å²) in [7, 11) is 4.04. The van der Waals surface area contributed by atoms with Gasteiger partial charge in [-0.3, -0.25) is 4.79 Å². The van der Waals surface area contributed by atoms with Crippen LogP contribution in [0.25, 0.3) is 16.7 Å². The van der Waals surface area contributed by atoms with Crippen LogP contribution >= 0.6 is 0 Å². The molecule has 0 radical (unpaired) electrons. The molecule has 0 bridgehead atoms. The standard InChI is InChI=1S/C19H23N5O/c1-14-16(19(25)20-11-6-12-23(2)3)13-21-24(14)18-10-9-15-7-4-5-8-17(15)22-18/h4-5,7-10,13H,6,11-12H2,1-3H3,(H,20,25). The predicted octanol–water partition coefficient (Wildman–Crippen LogP) is 2.41. The average Bonchev–Trinajstić information content (AvgIpc) is 2.99. The lowest BCUT2D eigenvalue weighted by Gasteiger charge is -2.10. The second-order valence-corrected chi connectivity index (χ2v) is 6.33. The summed E-state index contributed by atoms with van der Waals surface area (Å²) in [5.74, 6) is 0.617. The van der Waals surface area contributed by atoms with Gasteiger partial charge in [0, 0.05) is 11.9 Å². The zero-order valence-corrected chi connectivity index (χ0v) is 14.9. The van der Waals surface area contributed by atoms with Crippen LogP contribution in [-0.4, -0.2) is 52.8 Å². The Labute approximate surface area is 147 Å². The fraction of sp³-hybridized carbons (Fsp3) is 0.316. The first-order valence-electron chi connectivity index (χ1n) is 8.40. The molecule has 25 heavy (non-hydrogen) atoms. The maximum Gasteiger partial charge on any atom is 0.254 e. The number of amides is 1. The van der Waals surface area contributed by atoms with Gasteiger partial charge in [-0.15, -0.1) is 0 Å². The Kier molecular flexibility index (Phi) is 5.09. The minimum atomic E-state index is -0.0942. The van der Waals surface area contributed by atoms with Crippen LogP contribution in [-0.2, 0) is 0 Å². The molecule has 3 rings (SSSR count). The van der Waals surface area contributed by atoms with Crippen molar-refractivity contribution in [3.63, 3.8) is 0 Å². The van der Waals surface area contributed by atoms with E-state index < -0.39 is 0 Å². The molecule has 1 amide bonds. The number of aromatic nitrogens is 3. The van der Waals surface area contributed by atoms with Crippen LogP contribution in [0.2, 0.25) is 0 Å². The smallest absolute Gasteiger partial charge is 0.254 e. The van der Waals surface area contributed by atoms with Crippen molar-refractivity contribution in [1.82, 2.24) is 25.0 Å². The van der Waals surface area contributed by atoms with E-state index in [4.69, 9.17) is 0 Å². The molecule has 6 nitrogen and oxygen atoms in total. The molecule has 0 spiro atoms. The van der Waals surface area contributed by atoms with Crippen LogP contribution in [0.1, 0.15) is 22.5 Å². The van der Waals surface area contributed by atoms with E-state index in [1.165, 1.54) is 0 Å². The van der Waals surface area contributed by atoms with Crippen molar-refractivity contribution in [2.45, 2.75) is 13.3 Å². The molecule has 0 saturated heterocycles. The predicted molar refractivity (Wildman–Crippen MR) is 99.1 cm³/mol. The third-order valence-corrected chi connectivity index (χ3v) is 4.12. The third-order valence-electron chi connectivity index (χ3n) is 4.12. The van der Waals surface area contributed by atoms with Gasteiger partial charge in [0.2, 0.25) is 0 Å². The minimum Gasteiger partial charge on any atom is -0.352 e. The van der Waals surface area contributed by atoms with Crippen molar-refractivity contribution in [2.24, 2.45) is 0 Å². The molecule has 3 aromatic rings. The van der Waals surface area contributed by atoms with Gasteiger partial charge in [0.25, 0.3) is 5.91 Å². The quantitative estimate of drug-likeness (QED) is 0.702. The number of fused-ring (bicyclic) bond motifs is 1. The van der Waals surface area contributed by atoms with Gasteiger partial charge >= 0.3 is 0 Å². The lowest BCUT2D eigenvalue weighted by atomic mass is 10.2. The highest BCUT2D eigenvalue weighted by molar-refractivity contribution is 5.95. The lowest BCUT2D eigenvalue weighted by Crippen LogP contribution is -2.27. The molecule has 130 valence electrons. The van der Waals surface area contributed by atoms with Crippen LogP contribution in [0.3, 0.4) is 0 Å². The molecular weight excluding hydrogens is 314 g/mol. The molecule has 1 aromatic carbocycles. The highest BCUT2D eigenvalue weighted by Crippen LogP contribution is 2.17. The minimum absolute atomic E-state index is 0.0942. The van der Waals surface area contributed by atoms with Gasteiger partial charge in [-0.05, 0) is 52.2 Å². The second kappa shape index (κ2) is 7.44. The summed E-state index contributed by atoms with van der Waals surface area (Å²) in [6.45, 7) is 3.48. The number of rotatable bonds is 6. The molecule has 2 aromatic heterocycles. The molecule has 1 N–H and O–H groups in total. The van der Waals surface area contributed by atoms with Gasteiger partial charge in [-0.25, -0.2) is 9.67 Å². The number of hydrogen-bond acceptors (Lipinski definition) is 4. The van der Waals surface area contributed by atoms with Gasteiger partial charge in [0.15, 0.2) is 5.82 Å². The van der Waals surface area contributed by atoms with Gasteiger partial charge in [0.1, 0.15) is 0 Å². The van der Waals surface area contributed by atoms with Crippen molar-refractivity contribution in [2.75, 3.05) is 27.2 Å². The Morgan fingerprint density at radius 3 is 2.80 bits per heavy atom. The van der Waals surface area contributed by atoms with Crippen molar-refractivity contribution < 1.29 is 4.79 Å². The number of pyridine rings is 1. The highest BCUT2D eigenvalue weighted by atomic mass is 16.1. The summed E-state index contributed by atoms with van der Waals surface area (Å²) in [5.41, 5.74) is 2.28. The normalized spacial score (nSPS) is 11.2. The first kappa shape index (κ1) is 17.1. The van der Waals surface area contributed by atoms with Crippen LogP contribution in [0.15, 0.2) is 42.6 Å². The van der Waals surface area contributed by atoms with E-state index in [-0.39, 0.29) is 5.91 Å². The van der Waals surface area contributed by atoms with E-state index >= 15 is 0 Å². The highest BCUT2D eigenvalue weighted by Gasteiger charge is 2.15. The first-order valence-corrected chi connectivity index (χ1v) is 8.40. The van der Waals surface area contributed by atoms with Gasteiger partial charge in [0.05, 0.1) is 23.0 Å². The van der Waals surface area contributed by atoms with Crippen LogP contribution < -0.4 is 5.32 Å². The van der Waals surface area contributed by atoms with Gasteiger partial charge < -0.3 is 10.2 Å². The van der Waals surface area contributed by atoms with Crippen molar-refractivity contribution in [3.05, 3.63) is 53.9 Å². The van der Waals surface area contributed by atoms with Gasteiger partial charge in [-0.1, -0.05) is 18.2 Å². The molecule has 0 aliphatic heterocycles. The van der Waals surface area contributed by atoms with E-state index in [1.807, 2.05) is 57.4 Å². The van der Waals surface area contributed by atoms with Crippen LogP contribution in [0.4, 0.5) is 0 Å². The summed E-state index contributed by atoms with van der Waals surface area (Å²) in [5, 5.41) is 8.38. The number of nitrogens with one attached hydrogen (secondary N) is 1. The zero-order chi connectivity index (χ0) is 17.8. The molecule has 2 heterocycles. The average molecular weight is 337 g/mol. The van der Waals surface area contributed by atoms with E-state index in [9.17, 15) is 4.79 Å². The second-order valence-electron chi connectivity index (χ2n) is 6.33. The molecule has 0 atom stereocenters. The Bertz CT molecular complexity index is 884. The summed E-state index contributed by atoms with van der Waals surface area (Å²) >= 11 is 0. The third kappa shape index (κ3) is 3.85. The maximum absolute atomic E-state index is 12.4. The number of nitrogens with zero attached hydrogens (tertiary/aromatic N) is 4. The van der Waals surface area contributed by atoms with Crippen LogP contribution in [0, 0.1) is 6.92 Å². The maximum atomic E-state index is 12.4. The summed E-state index contributed by atoms with van der Waals surface area (Å²) in [4.78, 5) is 19.1. The molecule has 0 fully saturated rings. The fourth-order valence-corrected chi connectivity index (χ4v) is 2.73. The molecule has 0 aliphatic carbocycles. The zero-order valence-electron chi connectivity index (χ0n) is 14.9. The number of benzene rings is 1. The topological polar surface area (TPSA) is 63.1 Å². The number of carbonyl (C=O) groups excluding carboxylic acids is 1. The Balaban J connectivity index is 1.76. The monoisotopic (exact) mass is 337 g/mol. The Morgan fingerprint density at radius 1 is 1.20 bits per heavy atom. The fourth-order valence-electron chi connectivity index (χ4n) is 2.73. The number of carbonyl (C=O) groups is 1. The first-order chi connectivity index (χ1) is 12.1. The SMILES string of the molecule is Cc1c(C(=O)NCCCN(C)C)cnn1-c1ccc2ccccc2n1. The summed E-state index contributed by atoms with van der Waals surface area (Å²) in [6, 6.07) is 11.9. The van der Waals surface area contributed by atoms with E-state index in [0.29, 0.717) is 17.9 Å². The van der Waals surface area contributed by atoms with Crippen molar-refractivity contribution in [1.29, 1.82) is 0 Å². The number of para-hydroxylation sites is 1. The van der Waals surface area contributed by atoms with E-state index in [0.717, 1.165) is 29.6 Å². The number of hydrogen-bond donors (Lipinski definition) is 1. The molecule has 0 saturated carbocycles. The Morgan fingerprint density at radius 2 is 2.00 bits per heavy atom. The molecule has 0 aliphatic rings. The van der Waals surface area contributed by atoms with Crippen molar-refractivity contribution >= 4 is 16.8 Å².